The Balaban J connectivity index is 2.23. The number of benzene rings is 2. The number of sulfonamides is 1. The van der Waals surface area contributed by atoms with Crippen molar-refractivity contribution in [1.29, 1.82) is 5.26 Å². The second-order valence-corrected chi connectivity index (χ2v) is 6.28. The van der Waals surface area contributed by atoms with Crippen LogP contribution in [0.5, 0.6) is 0 Å². The molecule has 2 aromatic carbocycles. The Bertz CT molecular complexity index is 793. The summed E-state index contributed by atoms with van der Waals surface area (Å²) in [5.41, 5.74) is 1.48. The van der Waals surface area contributed by atoms with Gasteiger partial charge >= 0.3 is 0 Å². The molecule has 0 saturated heterocycles. The molecule has 6 heteroatoms. The minimum atomic E-state index is -3.73. The molecule has 0 atom stereocenters. The summed E-state index contributed by atoms with van der Waals surface area (Å²) in [6.07, 6.45) is 0. The quantitative estimate of drug-likeness (QED) is 0.943. The van der Waals surface area contributed by atoms with Gasteiger partial charge in [0, 0.05) is 6.54 Å². The molecule has 0 spiro atoms. The summed E-state index contributed by atoms with van der Waals surface area (Å²) in [4.78, 5) is 0.0728. The Morgan fingerprint density at radius 2 is 1.86 bits per heavy atom. The minimum Gasteiger partial charge on any atom is -0.207 e. The van der Waals surface area contributed by atoms with Gasteiger partial charge in [0.15, 0.2) is 0 Å². The molecule has 4 nitrogen and oxygen atoms in total. The number of aryl methyl sites for hydroxylation is 1. The molecule has 0 aromatic heterocycles. The van der Waals surface area contributed by atoms with Gasteiger partial charge in [0.1, 0.15) is 5.82 Å². The van der Waals surface area contributed by atoms with Crippen molar-refractivity contribution in [3.63, 3.8) is 0 Å². The first kappa shape index (κ1) is 15.2. The molecule has 0 saturated carbocycles. The van der Waals surface area contributed by atoms with E-state index in [4.69, 9.17) is 5.26 Å². The zero-order valence-electron chi connectivity index (χ0n) is 11.3. The van der Waals surface area contributed by atoms with Crippen molar-refractivity contribution in [1.82, 2.24) is 4.72 Å². The molecular formula is C15H13FN2O2S. The molecule has 0 bridgehead atoms. The molecule has 0 aliphatic heterocycles. The van der Waals surface area contributed by atoms with Crippen LogP contribution in [0.4, 0.5) is 4.39 Å². The van der Waals surface area contributed by atoms with Crippen LogP contribution in [0.3, 0.4) is 0 Å². The van der Waals surface area contributed by atoms with Crippen molar-refractivity contribution in [3.05, 3.63) is 65.0 Å². The van der Waals surface area contributed by atoms with Crippen molar-refractivity contribution < 1.29 is 12.8 Å². The lowest BCUT2D eigenvalue weighted by atomic mass is 10.2. The van der Waals surface area contributed by atoms with E-state index in [0.29, 0.717) is 11.1 Å². The van der Waals surface area contributed by atoms with Crippen LogP contribution in [0, 0.1) is 24.1 Å². The molecule has 0 fully saturated rings. The van der Waals surface area contributed by atoms with E-state index < -0.39 is 10.0 Å². The topological polar surface area (TPSA) is 70.0 Å². The summed E-state index contributed by atoms with van der Waals surface area (Å²) >= 11 is 0. The van der Waals surface area contributed by atoms with Gasteiger partial charge in [0.05, 0.1) is 16.5 Å². The van der Waals surface area contributed by atoms with Gasteiger partial charge in [-0.25, -0.2) is 17.5 Å². The minimum absolute atomic E-state index is 0.0544. The van der Waals surface area contributed by atoms with Gasteiger partial charge < -0.3 is 0 Å². The molecule has 1 N–H and O–H groups in total. The molecule has 0 heterocycles. The lowest BCUT2D eigenvalue weighted by molar-refractivity contribution is 0.580. The van der Waals surface area contributed by atoms with Gasteiger partial charge in [-0.05, 0) is 42.3 Å². The predicted molar refractivity (Wildman–Crippen MR) is 76.3 cm³/mol. The third kappa shape index (κ3) is 3.66. The maximum atomic E-state index is 12.8. The average Bonchev–Trinajstić information content (AvgIpc) is 2.47. The standard InChI is InChI=1S/C15H13FN2O2S/c1-11-2-3-13(9-17)8-15(11)21(19,20)18-10-12-4-6-14(16)7-5-12/h2-8,18H,10H2,1H3. The molecule has 0 unspecified atom stereocenters. The number of rotatable bonds is 4. The van der Waals surface area contributed by atoms with Crippen LogP contribution >= 0.6 is 0 Å². The lowest BCUT2D eigenvalue weighted by Crippen LogP contribution is -2.24. The van der Waals surface area contributed by atoms with Crippen LogP contribution in [0.2, 0.25) is 0 Å². The molecular weight excluding hydrogens is 291 g/mol. The first-order valence-corrected chi connectivity index (χ1v) is 7.65. The van der Waals surface area contributed by atoms with Gasteiger partial charge in [0.25, 0.3) is 0 Å². The summed E-state index contributed by atoms with van der Waals surface area (Å²) in [7, 11) is -3.73. The van der Waals surface area contributed by atoms with E-state index in [-0.39, 0.29) is 22.8 Å². The van der Waals surface area contributed by atoms with Crippen molar-refractivity contribution in [2.24, 2.45) is 0 Å². The van der Waals surface area contributed by atoms with E-state index in [1.165, 1.54) is 30.3 Å². The van der Waals surface area contributed by atoms with Crippen LogP contribution in [0.25, 0.3) is 0 Å². The third-order valence-electron chi connectivity index (χ3n) is 2.99. The molecule has 21 heavy (non-hydrogen) atoms. The Morgan fingerprint density at radius 1 is 1.19 bits per heavy atom. The monoisotopic (exact) mass is 304 g/mol. The van der Waals surface area contributed by atoms with Crippen molar-refractivity contribution in [2.45, 2.75) is 18.4 Å². The predicted octanol–water partition coefficient (Wildman–Crippen LogP) is 2.48. The molecule has 0 radical (unpaired) electrons. The third-order valence-corrected chi connectivity index (χ3v) is 4.53. The Morgan fingerprint density at radius 3 is 2.48 bits per heavy atom. The summed E-state index contributed by atoms with van der Waals surface area (Å²) in [5, 5.41) is 8.85. The van der Waals surface area contributed by atoms with E-state index in [9.17, 15) is 12.8 Å². The van der Waals surface area contributed by atoms with Crippen molar-refractivity contribution in [2.75, 3.05) is 0 Å². The number of halogens is 1. The average molecular weight is 304 g/mol. The van der Waals surface area contributed by atoms with Crippen LogP contribution in [0.15, 0.2) is 47.4 Å². The number of hydrogen-bond acceptors (Lipinski definition) is 3. The highest BCUT2D eigenvalue weighted by Crippen LogP contribution is 2.17. The van der Waals surface area contributed by atoms with E-state index in [2.05, 4.69) is 4.72 Å². The first-order chi connectivity index (χ1) is 9.92. The molecule has 0 aliphatic rings. The van der Waals surface area contributed by atoms with Gasteiger partial charge in [-0.2, -0.15) is 5.26 Å². The molecule has 0 amide bonds. The maximum Gasteiger partial charge on any atom is 0.241 e. The molecule has 0 aliphatic carbocycles. The summed E-state index contributed by atoms with van der Waals surface area (Å²) in [6, 6.07) is 12.0. The second kappa shape index (κ2) is 6.04. The van der Waals surface area contributed by atoms with E-state index >= 15 is 0 Å². The van der Waals surface area contributed by atoms with Crippen molar-refractivity contribution in [3.8, 4) is 6.07 Å². The van der Waals surface area contributed by atoms with Crippen LogP contribution in [-0.2, 0) is 16.6 Å². The van der Waals surface area contributed by atoms with Gasteiger partial charge in [-0.3, -0.25) is 0 Å². The number of nitriles is 1. The Kier molecular flexibility index (Phi) is 4.36. The first-order valence-electron chi connectivity index (χ1n) is 6.17. The fourth-order valence-corrected chi connectivity index (χ4v) is 3.10. The fourth-order valence-electron chi connectivity index (χ4n) is 1.82. The number of hydrogen-bond donors (Lipinski definition) is 1. The highest BCUT2D eigenvalue weighted by Gasteiger charge is 2.17. The number of nitrogens with one attached hydrogen (secondary N) is 1. The zero-order chi connectivity index (χ0) is 15.5. The number of nitrogens with zero attached hydrogens (tertiary/aromatic N) is 1. The van der Waals surface area contributed by atoms with E-state index in [1.807, 2.05) is 6.07 Å². The van der Waals surface area contributed by atoms with Gasteiger partial charge in [0.2, 0.25) is 10.0 Å². The summed E-state index contributed by atoms with van der Waals surface area (Å²) in [6.45, 7) is 1.71. The highest BCUT2D eigenvalue weighted by molar-refractivity contribution is 7.89. The zero-order valence-corrected chi connectivity index (χ0v) is 12.1. The molecule has 108 valence electrons. The summed E-state index contributed by atoms with van der Waals surface area (Å²) in [5.74, 6) is -0.376. The Hall–Kier alpha value is -2.23. The van der Waals surface area contributed by atoms with Gasteiger partial charge in [-0.15, -0.1) is 0 Å². The SMILES string of the molecule is Cc1ccc(C#N)cc1S(=O)(=O)NCc1ccc(F)cc1. The Labute approximate surface area is 122 Å². The highest BCUT2D eigenvalue weighted by atomic mass is 32.2. The molecule has 2 rings (SSSR count). The van der Waals surface area contributed by atoms with Gasteiger partial charge in [-0.1, -0.05) is 18.2 Å². The van der Waals surface area contributed by atoms with Crippen LogP contribution < -0.4 is 4.72 Å². The van der Waals surface area contributed by atoms with E-state index in [1.54, 1.807) is 19.1 Å². The second-order valence-electron chi connectivity index (χ2n) is 4.54. The lowest BCUT2D eigenvalue weighted by Gasteiger charge is -2.09. The van der Waals surface area contributed by atoms with E-state index in [0.717, 1.165) is 0 Å². The normalized spacial score (nSPS) is 11.1. The smallest absolute Gasteiger partial charge is 0.207 e. The van der Waals surface area contributed by atoms with Crippen LogP contribution in [0.1, 0.15) is 16.7 Å². The molecule has 2 aromatic rings. The summed E-state index contributed by atoms with van der Waals surface area (Å²) < 4.78 is 39.8. The largest absolute Gasteiger partial charge is 0.241 e. The van der Waals surface area contributed by atoms with Crippen molar-refractivity contribution >= 4 is 10.0 Å². The maximum absolute atomic E-state index is 12.8. The van der Waals surface area contributed by atoms with Crippen LogP contribution in [-0.4, -0.2) is 8.42 Å². The fraction of sp³-hybridized carbons (Fsp3) is 0.133.